The number of benzene rings is 1. The molecule has 0 aliphatic carbocycles. The Morgan fingerprint density at radius 3 is 3.00 bits per heavy atom. The van der Waals surface area contributed by atoms with Crippen LogP contribution >= 0.6 is 0 Å². The van der Waals surface area contributed by atoms with Gasteiger partial charge in [-0.05, 0) is 25.5 Å². The molecule has 4 nitrogen and oxygen atoms in total. The second-order valence-electron chi connectivity index (χ2n) is 5.88. The predicted molar refractivity (Wildman–Crippen MR) is 82.0 cm³/mol. The van der Waals surface area contributed by atoms with Gasteiger partial charge in [0.05, 0.1) is 13.7 Å². The van der Waals surface area contributed by atoms with Crippen molar-refractivity contribution in [3.8, 4) is 11.5 Å². The summed E-state index contributed by atoms with van der Waals surface area (Å²) in [5, 5.41) is 3.59. The zero-order valence-corrected chi connectivity index (χ0v) is 12.9. The van der Waals surface area contributed by atoms with Crippen LogP contribution in [0, 0.1) is 5.92 Å². The third-order valence-electron chi connectivity index (χ3n) is 4.51. The summed E-state index contributed by atoms with van der Waals surface area (Å²) in [6.45, 7) is 4.83. The van der Waals surface area contributed by atoms with E-state index in [2.05, 4.69) is 18.3 Å². The minimum absolute atomic E-state index is 0.231. The van der Waals surface area contributed by atoms with E-state index in [1.54, 1.807) is 7.11 Å². The number of fused-ring (bicyclic) bond motifs is 1. The van der Waals surface area contributed by atoms with Crippen molar-refractivity contribution in [1.29, 1.82) is 0 Å². The van der Waals surface area contributed by atoms with Gasteiger partial charge in [-0.3, -0.25) is 0 Å². The second kappa shape index (κ2) is 6.67. The van der Waals surface area contributed by atoms with Crippen LogP contribution in [0.2, 0.25) is 0 Å². The fourth-order valence-electron chi connectivity index (χ4n) is 3.39. The average Bonchev–Trinajstić information content (AvgIpc) is 2.55. The molecule has 0 spiro atoms. The van der Waals surface area contributed by atoms with Crippen molar-refractivity contribution in [2.24, 2.45) is 5.92 Å². The molecule has 0 radical (unpaired) electrons. The van der Waals surface area contributed by atoms with E-state index in [1.165, 1.54) is 12.0 Å². The van der Waals surface area contributed by atoms with Crippen molar-refractivity contribution in [1.82, 2.24) is 5.32 Å². The Morgan fingerprint density at radius 2 is 2.29 bits per heavy atom. The highest BCUT2D eigenvalue weighted by atomic mass is 16.5. The van der Waals surface area contributed by atoms with Crippen LogP contribution in [0.15, 0.2) is 18.2 Å². The molecule has 116 valence electrons. The van der Waals surface area contributed by atoms with E-state index >= 15 is 0 Å². The number of hydrogen-bond donors (Lipinski definition) is 1. The van der Waals surface area contributed by atoms with E-state index in [-0.39, 0.29) is 6.10 Å². The van der Waals surface area contributed by atoms with Crippen LogP contribution in [0.4, 0.5) is 0 Å². The largest absolute Gasteiger partial charge is 0.497 e. The van der Waals surface area contributed by atoms with Crippen molar-refractivity contribution in [3.05, 3.63) is 23.8 Å². The first-order chi connectivity index (χ1) is 10.3. The van der Waals surface area contributed by atoms with Gasteiger partial charge in [-0.25, -0.2) is 0 Å². The van der Waals surface area contributed by atoms with Crippen LogP contribution in [0.1, 0.15) is 37.8 Å². The highest BCUT2D eigenvalue weighted by Crippen LogP contribution is 2.40. The summed E-state index contributed by atoms with van der Waals surface area (Å²) in [7, 11) is 1.69. The molecule has 1 saturated heterocycles. The Bertz CT molecular complexity index is 471. The molecule has 3 rings (SSSR count). The van der Waals surface area contributed by atoms with Crippen LogP contribution in [-0.4, -0.2) is 33.0 Å². The Balaban J connectivity index is 1.83. The number of rotatable bonds is 4. The van der Waals surface area contributed by atoms with Crippen LogP contribution in [0.25, 0.3) is 0 Å². The lowest BCUT2D eigenvalue weighted by atomic mass is 9.87. The third kappa shape index (κ3) is 3.16. The molecule has 1 fully saturated rings. The molecule has 2 heterocycles. The number of ether oxygens (including phenoxy) is 3. The minimum Gasteiger partial charge on any atom is -0.497 e. The molecule has 2 aliphatic heterocycles. The SMILES string of the molecule is CCNC1CC(C2CCCOC2)Oc2cc(OC)ccc21. The van der Waals surface area contributed by atoms with Crippen LogP contribution in [0.5, 0.6) is 11.5 Å². The Labute approximate surface area is 126 Å². The monoisotopic (exact) mass is 291 g/mol. The van der Waals surface area contributed by atoms with Gasteiger partial charge in [0, 0.05) is 36.6 Å². The topological polar surface area (TPSA) is 39.7 Å². The van der Waals surface area contributed by atoms with Crippen LogP contribution in [-0.2, 0) is 4.74 Å². The molecule has 0 bridgehead atoms. The summed E-state index contributed by atoms with van der Waals surface area (Å²) >= 11 is 0. The van der Waals surface area contributed by atoms with E-state index in [0.717, 1.165) is 44.1 Å². The number of methoxy groups -OCH3 is 1. The maximum atomic E-state index is 6.29. The van der Waals surface area contributed by atoms with Gasteiger partial charge < -0.3 is 19.5 Å². The summed E-state index contributed by atoms with van der Waals surface area (Å²) in [4.78, 5) is 0. The maximum absolute atomic E-state index is 6.29. The molecule has 4 heteroatoms. The van der Waals surface area contributed by atoms with Gasteiger partial charge in [-0.15, -0.1) is 0 Å². The average molecular weight is 291 g/mol. The molecule has 21 heavy (non-hydrogen) atoms. The summed E-state index contributed by atoms with van der Waals surface area (Å²) in [6, 6.07) is 6.50. The van der Waals surface area contributed by atoms with Crippen LogP contribution < -0.4 is 14.8 Å². The quantitative estimate of drug-likeness (QED) is 0.926. The lowest BCUT2D eigenvalue weighted by molar-refractivity contribution is -0.0110. The minimum atomic E-state index is 0.231. The second-order valence-corrected chi connectivity index (χ2v) is 5.88. The smallest absolute Gasteiger partial charge is 0.128 e. The Kier molecular flexibility index (Phi) is 4.66. The molecular weight excluding hydrogens is 266 g/mol. The fourth-order valence-corrected chi connectivity index (χ4v) is 3.39. The first-order valence-corrected chi connectivity index (χ1v) is 7.97. The zero-order valence-electron chi connectivity index (χ0n) is 12.9. The summed E-state index contributed by atoms with van der Waals surface area (Å²) in [5.41, 5.74) is 1.24. The number of hydrogen-bond acceptors (Lipinski definition) is 4. The van der Waals surface area contributed by atoms with Gasteiger partial charge in [-0.2, -0.15) is 0 Å². The molecule has 1 aromatic carbocycles. The molecular formula is C17H25NO3. The van der Waals surface area contributed by atoms with Crippen LogP contribution in [0.3, 0.4) is 0 Å². The highest BCUT2D eigenvalue weighted by molar-refractivity contribution is 5.44. The van der Waals surface area contributed by atoms with Gasteiger partial charge >= 0.3 is 0 Å². The van der Waals surface area contributed by atoms with E-state index in [1.807, 2.05) is 12.1 Å². The summed E-state index contributed by atoms with van der Waals surface area (Å²) in [5.74, 6) is 2.31. The normalized spacial score (nSPS) is 28.6. The predicted octanol–water partition coefficient (Wildman–Crippen LogP) is 2.92. The standard InChI is InChI=1S/C17H25NO3/c1-3-18-15-10-16(12-5-4-8-20-11-12)21-17-9-13(19-2)6-7-14(15)17/h6-7,9,12,15-16,18H,3-5,8,10-11H2,1-2H3. The molecule has 1 N–H and O–H groups in total. The van der Waals surface area contributed by atoms with Crippen molar-refractivity contribution in [3.63, 3.8) is 0 Å². The van der Waals surface area contributed by atoms with Gasteiger partial charge in [0.25, 0.3) is 0 Å². The molecule has 2 aliphatic rings. The van der Waals surface area contributed by atoms with Crippen molar-refractivity contribution in [2.45, 2.75) is 38.3 Å². The third-order valence-corrected chi connectivity index (χ3v) is 4.51. The molecule has 3 unspecified atom stereocenters. The lowest BCUT2D eigenvalue weighted by Crippen LogP contribution is -2.40. The van der Waals surface area contributed by atoms with E-state index in [4.69, 9.17) is 14.2 Å². The highest BCUT2D eigenvalue weighted by Gasteiger charge is 2.34. The first kappa shape index (κ1) is 14.7. The maximum Gasteiger partial charge on any atom is 0.128 e. The summed E-state index contributed by atoms with van der Waals surface area (Å²) < 4.78 is 17.3. The van der Waals surface area contributed by atoms with E-state index in [0.29, 0.717) is 12.0 Å². The lowest BCUT2D eigenvalue weighted by Gasteiger charge is -2.38. The molecule has 0 saturated carbocycles. The molecule has 0 aromatic heterocycles. The fraction of sp³-hybridized carbons (Fsp3) is 0.647. The van der Waals surface area contributed by atoms with Crippen molar-refractivity contribution in [2.75, 3.05) is 26.9 Å². The van der Waals surface area contributed by atoms with Gasteiger partial charge in [-0.1, -0.05) is 13.0 Å². The summed E-state index contributed by atoms with van der Waals surface area (Å²) in [6.07, 6.45) is 3.58. The van der Waals surface area contributed by atoms with Gasteiger partial charge in [0.15, 0.2) is 0 Å². The number of nitrogens with one attached hydrogen (secondary N) is 1. The van der Waals surface area contributed by atoms with E-state index in [9.17, 15) is 0 Å². The Hall–Kier alpha value is -1.26. The zero-order chi connectivity index (χ0) is 14.7. The molecule has 1 aromatic rings. The first-order valence-electron chi connectivity index (χ1n) is 7.97. The van der Waals surface area contributed by atoms with Crippen molar-refractivity contribution < 1.29 is 14.2 Å². The van der Waals surface area contributed by atoms with Gasteiger partial charge in [0.1, 0.15) is 17.6 Å². The van der Waals surface area contributed by atoms with Crippen molar-refractivity contribution >= 4 is 0 Å². The van der Waals surface area contributed by atoms with Gasteiger partial charge in [0.2, 0.25) is 0 Å². The molecule has 3 atom stereocenters. The molecule has 0 amide bonds. The van der Waals surface area contributed by atoms with E-state index < -0.39 is 0 Å². The Morgan fingerprint density at radius 1 is 1.38 bits per heavy atom.